The van der Waals surface area contributed by atoms with Crippen molar-refractivity contribution in [3.8, 4) is 0 Å². The topological polar surface area (TPSA) is 80.2 Å². The molecular weight excluding hydrogens is 385 g/mol. The zero-order valence-electron chi connectivity index (χ0n) is 13.4. The molecule has 6 nitrogen and oxygen atoms in total. The van der Waals surface area contributed by atoms with E-state index in [2.05, 4.69) is 10.6 Å². The SMILES string of the molecule is C[S@](=O)CCNC(=O)Nc1ccc(=O)n(Cc2ccc(Cl)c(Cl)c2)c1. The summed E-state index contributed by atoms with van der Waals surface area (Å²) in [5.41, 5.74) is 1.07. The van der Waals surface area contributed by atoms with Crippen molar-refractivity contribution in [3.05, 3.63) is 62.5 Å². The van der Waals surface area contributed by atoms with Gasteiger partial charge in [0, 0.05) is 41.6 Å². The largest absolute Gasteiger partial charge is 0.337 e. The maximum Gasteiger partial charge on any atom is 0.319 e. The zero-order valence-corrected chi connectivity index (χ0v) is 15.7. The molecule has 2 aromatic rings. The normalized spacial score (nSPS) is 11.8. The van der Waals surface area contributed by atoms with Crippen LogP contribution in [-0.4, -0.2) is 33.4 Å². The Labute approximate surface area is 157 Å². The quantitative estimate of drug-likeness (QED) is 0.780. The van der Waals surface area contributed by atoms with Crippen LogP contribution in [0.1, 0.15) is 5.56 Å². The Hall–Kier alpha value is -1.83. The van der Waals surface area contributed by atoms with Gasteiger partial charge in [-0.2, -0.15) is 0 Å². The summed E-state index contributed by atoms with van der Waals surface area (Å²) in [4.78, 5) is 23.8. The monoisotopic (exact) mass is 401 g/mol. The average molecular weight is 402 g/mol. The second-order valence-corrected chi connectivity index (χ2v) is 7.66. The van der Waals surface area contributed by atoms with Gasteiger partial charge in [-0.3, -0.25) is 9.00 Å². The molecule has 0 fully saturated rings. The summed E-state index contributed by atoms with van der Waals surface area (Å²) in [7, 11) is -0.970. The van der Waals surface area contributed by atoms with Gasteiger partial charge in [0.2, 0.25) is 0 Å². The molecule has 1 atom stereocenters. The highest BCUT2D eigenvalue weighted by atomic mass is 35.5. The lowest BCUT2D eigenvalue weighted by Crippen LogP contribution is -2.32. The number of nitrogens with one attached hydrogen (secondary N) is 2. The average Bonchev–Trinajstić information content (AvgIpc) is 2.54. The lowest BCUT2D eigenvalue weighted by Gasteiger charge is -2.11. The zero-order chi connectivity index (χ0) is 18.4. The minimum absolute atomic E-state index is 0.210. The first-order valence-electron chi connectivity index (χ1n) is 7.34. The highest BCUT2D eigenvalue weighted by Gasteiger charge is 2.06. The first-order chi connectivity index (χ1) is 11.8. The number of hydrogen-bond donors (Lipinski definition) is 2. The fourth-order valence-electron chi connectivity index (χ4n) is 2.05. The Morgan fingerprint density at radius 3 is 2.64 bits per heavy atom. The van der Waals surface area contributed by atoms with Crippen molar-refractivity contribution < 1.29 is 9.00 Å². The lowest BCUT2D eigenvalue weighted by molar-refractivity contribution is 0.252. The molecule has 9 heteroatoms. The summed E-state index contributed by atoms with van der Waals surface area (Å²) in [6, 6.07) is 7.59. The second kappa shape index (κ2) is 9.03. The summed E-state index contributed by atoms with van der Waals surface area (Å²) >= 11 is 11.9. The van der Waals surface area contributed by atoms with Crippen molar-refractivity contribution in [3.63, 3.8) is 0 Å². The lowest BCUT2D eigenvalue weighted by atomic mass is 10.2. The number of urea groups is 1. The van der Waals surface area contributed by atoms with Gasteiger partial charge in [-0.1, -0.05) is 29.3 Å². The first-order valence-corrected chi connectivity index (χ1v) is 9.83. The highest BCUT2D eigenvalue weighted by molar-refractivity contribution is 7.84. The van der Waals surface area contributed by atoms with Crippen molar-refractivity contribution in [2.24, 2.45) is 0 Å². The van der Waals surface area contributed by atoms with Crippen LogP contribution >= 0.6 is 23.2 Å². The molecule has 1 aromatic carbocycles. The molecule has 0 aliphatic heterocycles. The Kier molecular flexibility index (Phi) is 7.04. The van der Waals surface area contributed by atoms with Crippen LogP contribution in [0.5, 0.6) is 0 Å². The van der Waals surface area contributed by atoms with Crippen molar-refractivity contribution in [2.75, 3.05) is 23.9 Å². The van der Waals surface area contributed by atoms with Gasteiger partial charge < -0.3 is 15.2 Å². The molecule has 0 bridgehead atoms. The van der Waals surface area contributed by atoms with E-state index in [-0.39, 0.29) is 5.56 Å². The van der Waals surface area contributed by atoms with Gasteiger partial charge in [-0.15, -0.1) is 0 Å². The minimum atomic E-state index is -0.970. The third-order valence-electron chi connectivity index (χ3n) is 3.25. The number of carbonyl (C=O) groups excluding carboxylic acids is 1. The number of amides is 2. The van der Waals surface area contributed by atoms with Crippen LogP contribution in [0.4, 0.5) is 10.5 Å². The Balaban J connectivity index is 2.06. The van der Waals surface area contributed by atoms with Crippen LogP contribution in [0.3, 0.4) is 0 Å². The van der Waals surface area contributed by atoms with Crippen LogP contribution in [0, 0.1) is 0 Å². The second-order valence-electron chi connectivity index (χ2n) is 5.29. The summed E-state index contributed by atoms with van der Waals surface area (Å²) in [6.45, 7) is 0.597. The van der Waals surface area contributed by atoms with Crippen LogP contribution in [-0.2, 0) is 17.3 Å². The molecule has 25 heavy (non-hydrogen) atoms. The van der Waals surface area contributed by atoms with Crippen LogP contribution < -0.4 is 16.2 Å². The third-order valence-corrected chi connectivity index (χ3v) is 4.77. The molecule has 0 radical (unpaired) electrons. The molecule has 1 aromatic heterocycles. The summed E-state index contributed by atoms with van der Waals surface area (Å²) in [6.07, 6.45) is 3.11. The number of rotatable bonds is 6. The Morgan fingerprint density at radius 1 is 1.20 bits per heavy atom. The predicted octanol–water partition coefficient (Wildman–Crippen LogP) is 2.70. The van der Waals surface area contributed by atoms with Gasteiger partial charge in [0.05, 0.1) is 22.3 Å². The van der Waals surface area contributed by atoms with Crippen molar-refractivity contribution in [1.29, 1.82) is 0 Å². The van der Waals surface area contributed by atoms with E-state index in [4.69, 9.17) is 23.2 Å². The van der Waals surface area contributed by atoms with Gasteiger partial charge in [-0.05, 0) is 23.8 Å². The molecule has 0 unspecified atom stereocenters. The molecule has 0 saturated carbocycles. The van der Waals surface area contributed by atoms with Gasteiger partial charge in [0.15, 0.2) is 0 Å². The van der Waals surface area contributed by atoms with E-state index in [1.807, 2.05) is 0 Å². The first kappa shape index (κ1) is 19.5. The van der Waals surface area contributed by atoms with E-state index in [1.165, 1.54) is 16.7 Å². The van der Waals surface area contributed by atoms with Crippen molar-refractivity contribution >= 4 is 45.7 Å². The van der Waals surface area contributed by atoms with Gasteiger partial charge in [0.25, 0.3) is 5.56 Å². The summed E-state index contributed by atoms with van der Waals surface area (Å²) in [5, 5.41) is 6.08. The number of anilines is 1. The van der Waals surface area contributed by atoms with Gasteiger partial charge in [0.1, 0.15) is 0 Å². The third kappa shape index (κ3) is 6.19. The summed E-state index contributed by atoms with van der Waals surface area (Å²) in [5.74, 6) is 0.379. The van der Waals surface area contributed by atoms with Crippen LogP contribution in [0.25, 0.3) is 0 Å². The van der Waals surface area contributed by atoms with E-state index in [0.717, 1.165) is 5.56 Å². The fourth-order valence-corrected chi connectivity index (χ4v) is 2.76. The molecular formula is C16H17Cl2N3O3S. The number of halogens is 2. The number of benzene rings is 1. The molecule has 2 rings (SSSR count). The number of aromatic nitrogens is 1. The van der Waals surface area contributed by atoms with E-state index < -0.39 is 16.8 Å². The maximum absolute atomic E-state index is 12.0. The minimum Gasteiger partial charge on any atom is -0.337 e. The number of pyridine rings is 1. The molecule has 2 amide bonds. The van der Waals surface area contributed by atoms with Gasteiger partial charge in [-0.25, -0.2) is 4.79 Å². The smallest absolute Gasteiger partial charge is 0.319 e. The molecule has 2 N–H and O–H groups in total. The van der Waals surface area contributed by atoms with Crippen molar-refractivity contribution in [2.45, 2.75) is 6.54 Å². The molecule has 134 valence electrons. The van der Waals surface area contributed by atoms with E-state index in [9.17, 15) is 13.8 Å². The standard InChI is InChI=1S/C16H17Cl2N3O3S/c1-25(24)7-6-19-16(23)20-12-3-5-15(22)21(10-12)9-11-2-4-13(17)14(18)8-11/h2-5,8,10H,6-7,9H2,1H3,(H2,19,20,23)/t25-/m0/s1. The molecule has 1 heterocycles. The number of nitrogens with zero attached hydrogens (tertiary/aromatic N) is 1. The van der Waals surface area contributed by atoms with E-state index in [1.54, 1.807) is 30.7 Å². The van der Waals surface area contributed by atoms with Crippen LogP contribution in [0.2, 0.25) is 10.0 Å². The Morgan fingerprint density at radius 2 is 1.96 bits per heavy atom. The van der Waals surface area contributed by atoms with Crippen molar-refractivity contribution in [1.82, 2.24) is 9.88 Å². The fraction of sp³-hybridized carbons (Fsp3) is 0.250. The van der Waals surface area contributed by atoms with E-state index >= 15 is 0 Å². The summed E-state index contributed by atoms with van der Waals surface area (Å²) < 4.78 is 12.4. The molecule has 0 aliphatic rings. The van der Waals surface area contributed by atoms with E-state index in [0.29, 0.717) is 34.6 Å². The number of hydrogen-bond acceptors (Lipinski definition) is 3. The highest BCUT2D eigenvalue weighted by Crippen LogP contribution is 2.22. The predicted molar refractivity (Wildman–Crippen MR) is 102 cm³/mol. The molecule has 0 aliphatic carbocycles. The number of carbonyl (C=O) groups is 1. The van der Waals surface area contributed by atoms with Crippen LogP contribution in [0.15, 0.2) is 41.3 Å². The Bertz CT molecular complexity index is 855. The molecule has 0 saturated heterocycles. The van der Waals surface area contributed by atoms with Gasteiger partial charge >= 0.3 is 6.03 Å². The molecule has 0 spiro atoms. The maximum atomic E-state index is 12.0.